The molecule has 1 aliphatic carbocycles. The molecule has 11 heteroatoms. The van der Waals surface area contributed by atoms with Gasteiger partial charge in [0.2, 0.25) is 5.91 Å². The zero-order chi connectivity index (χ0) is 23.3. The minimum absolute atomic E-state index is 0.0838. The van der Waals surface area contributed by atoms with Gasteiger partial charge in [-0.2, -0.15) is 0 Å². The topological polar surface area (TPSA) is 129 Å². The van der Waals surface area contributed by atoms with Crippen LogP contribution in [-0.4, -0.2) is 44.9 Å². The van der Waals surface area contributed by atoms with Crippen LogP contribution in [0.3, 0.4) is 0 Å². The number of thioether (sulfide) groups is 1. The Morgan fingerprint density at radius 3 is 2.62 bits per heavy atom. The van der Waals surface area contributed by atoms with Gasteiger partial charge in [0, 0.05) is 13.5 Å². The summed E-state index contributed by atoms with van der Waals surface area (Å²) in [6.45, 7) is 3.48. The van der Waals surface area contributed by atoms with Crippen LogP contribution in [0.1, 0.15) is 70.4 Å². The number of primary amides is 1. The van der Waals surface area contributed by atoms with E-state index >= 15 is 0 Å². The molecule has 0 bridgehead atoms. The molecule has 2 heterocycles. The molecule has 0 radical (unpaired) electrons. The highest BCUT2D eigenvalue weighted by Gasteiger charge is 2.26. The standard InChI is InChI=1S/C21H29N5O4S2/c1-4-30-20(29)16-12(2)17(18(22)28)32-19(16)23-15(27)11-31-21-25-24-14(26(21)3)10-13-8-6-5-7-9-13/h13H,4-11H2,1-3H3,(H2,22,28)(H,23,27). The van der Waals surface area contributed by atoms with Crippen molar-refractivity contribution in [2.45, 2.75) is 57.5 Å². The number of hydrogen-bond donors (Lipinski definition) is 2. The molecule has 1 fully saturated rings. The number of rotatable bonds is 9. The molecule has 0 aliphatic heterocycles. The first-order valence-electron chi connectivity index (χ1n) is 10.7. The lowest BCUT2D eigenvalue weighted by Crippen LogP contribution is -2.17. The highest BCUT2D eigenvalue weighted by atomic mass is 32.2. The second-order valence-corrected chi connectivity index (χ2v) is 9.81. The third-order valence-electron chi connectivity index (χ3n) is 5.56. The van der Waals surface area contributed by atoms with Gasteiger partial charge in [-0.3, -0.25) is 9.59 Å². The normalized spacial score (nSPS) is 14.3. The van der Waals surface area contributed by atoms with E-state index in [1.807, 2.05) is 11.6 Å². The van der Waals surface area contributed by atoms with Gasteiger partial charge in [0.15, 0.2) is 5.16 Å². The maximum Gasteiger partial charge on any atom is 0.341 e. The lowest BCUT2D eigenvalue weighted by Gasteiger charge is -2.20. The molecule has 32 heavy (non-hydrogen) atoms. The van der Waals surface area contributed by atoms with Crippen molar-refractivity contribution in [3.8, 4) is 0 Å². The third kappa shape index (κ3) is 5.69. The highest BCUT2D eigenvalue weighted by Crippen LogP contribution is 2.34. The molecule has 9 nitrogen and oxygen atoms in total. The molecule has 3 N–H and O–H groups in total. The Hall–Kier alpha value is -2.40. The van der Waals surface area contributed by atoms with Crippen molar-refractivity contribution in [2.24, 2.45) is 18.7 Å². The number of nitrogens with zero attached hydrogens (tertiary/aromatic N) is 3. The minimum Gasteiger partial charge on any atom is -0.462 e. The average Bonchev–Trinajstić information content (AvgIpc) is 3.27. The second kappa shape index (κ2) is 11.0. The van der Waals surface area contributed by atoms with Gasteiger partial charge in [-0.15, -0.1) is 21.5 Å². The number of esters is 1. The first kappa shape index (κ1) is 24.2. The van der Waals surface area contributed by atoms with Crippen molar-refractivity contribution in [3.63, 3.8) is 0 Å². The molecule has 174 valence electrons. The van der Waals surface area contributed by atoms with Gasteiger partial charge in [0.1, 0.15) is 10.8 Å². The molecule has 0 aromatic carbocycles. The first-order chi connectivity index (χ1) is 15.3. The van der Waals surface area contributed by atoms with Crippen LogP contribution in [0.25, 0.3) is 0 Å². The van der Waals surface area contributed by atoms with Gasteiger partial charge in [-0.25, -0.2) is 4.79 Å². The number of amides is 2. The summed E-state index contributed by atoms with van der Waals surface area (Å²) in [6.07, 6.45) is 7.23. The number of aromatic nitrogens is 3. The molecule has 2 aromatic rings. The van der Waals surface area contributed by atoms with Crippen molar-refractivity contribution in [1.82, 2.24) is 14.8 Å². The third-order valence-corrected chi connectivity index (χ3v) is 7.80. The molecule has 0 saturated heterocycles. The number of thiophene rings is 1. The van der Waals surface area contributed by atoms with Crippen LogP contribution in [-0.2, 0) is 23.0 Å². The fraction of sp³-hybridized carbons (Fsp3) is 0.571. The summed E-state index contributed by atoms with van der Waals surface area (Å²) < 4.78 is 7.01. The summed E-state index contributed by atoms with van der Waals surface area (Å²) in [4.78, 5) is 36.9. The molecule has 1 saturated carbocycles. The van der Waals surface area contributed by atoms with E-state index < -0.39 is 11.9 Å². The predicted octanol–water partition coefficient (Wildman–Crippen LogP) is 3.31. The van der Waals surface area contributed by atoms with Crippen molar-refractivity contribution in [2.75, 3.05) is 17.7 Å². The molecule has 3 rings (SSSR count). The zero-order valence-corrected chi connectivity index (χ0v) is 20.2. The van der Waals surface area contributed by atoms with E-state index in [2.05, 4.69) is 15.5 Å². The Balaban J connectivity index is 1.64. The SMILES string of the molecule is CCOC(=O)c1c(NC(=O)CSc2nnc(CC3CCCCC3)n2C)sc(C(N)=O)c1C. The van der Waals surface area contributed by atoms with E-state index in [-0.39, 0.29) is 33.7 Å². The highest BCUT2D eigenvalue weighted by molar-refractivity contribution is 7.99. The minimum atomic E-state index is -0.655. The van der Waals surface area contributed by atoms with Gasteiger partial charge in [-0.05, 0) is 25.3 Å². The van der Waals surface area contributed by atoms with Gasteiger partial charge in [0.05, 0.1) is 22.8 Å². The maximum atomic E-state index is 12.6. The van der Waals surface area contributed by atoms with Crippen LogP contribution in [0.5, 0.6) is 0 Å². The molecular weight excluding hydrogens is 450 g/mol. The number of anilines is 1. The molecule has 2 amide bonds. The largest absolute Gasteiger partial charge is 0.462 e. The summed E-state index contributed by atoms with van der Waals surface area (Å²) >= 11 is 2.25. The molecule has 1 aliphatic rings. The number of nitrogens with two attached hydrogens (primary N) is 1. The van der Waals surface area contributed by atoms with E-state index in [9.17, 15) is 14.4 Å². The molecule has 0 spiro atoms. The fourth-order valence-electron chi connectivity index (χ4n) is 3.88. The summed E-state index contributed by atoms with van der Waals surface area (Å²) in [5, 5.41) is 12.2. The molecular formula is C21H29N5O4S2. The van der Waals surface area contributed by atoms with Crippen molar-refractivity contribution < 1.29 is 19.1 Å². The molecule has 2 aromatic heterocycles. The predicted molar refractivity (Wildman–Crippen MR) is 124 cm³/mol. The zero-order valence-electron chi connectivity index (χ0n) is 18.6. The lowest BCUT2D eigenvalue weighted by molar-refractivity contribution is -0.113. The van der Waals surface area contributed by atoms with Crippen LogP contribution in [0.2, 0.25) is 0 Å². The summed E-state index contributed by atoms with van der Waals surface area (Å²) in [5.74, 6) is 0.0880. The fourth-order valence-corrected chi connectivity index (χ4v) is 5.67. The van der Waals surface area contributed by atoms with Crippen molar-refractivity contribution in [3.05, 3.63) is 21.8 Å². The maximum absolute atomic E-state index is 12.6. The van der Waals surface area contributed by atoms with Crippen LogP contribution < -0.4 is 11.1 Å². The van der Waals surface area contributed by atoms with E-state index in [0.717, 1.165) is 23.6 Å². The molecule has 0 unspecified atom stereocenters. The van der Waals surface area contributed by atoms with Gasteiger partial charge >= 0.3 is 5.97 Å². The number of nitrogens with one attached hydrogen (secondary N) is 1. The monoisotopic (exact) mass is 479 g/mol. The van der Waals surface area contributed by atoms with Gasteiger partial charge < -0.3 is 20.4 Å². The van der Waals surface area contributed by atoms with Crippen LogP contribution in [0, 0.1) is 12.8 Å². The average molecular weight is 480 g/mol. The van der Waals surface area contributed by atoms with Crippen molar-refractivity contribution >= 4 is 45.9 Å². The molecule has 0 atom stereocenters. The number of hydrogen-bond acceptors (Lipinski definition) is 8. The van der Waals surface area contributed by atoms with E-state index in [0.29, 0.717) is 16.6 Å². The van der Waals surface area contributed by atoms with E-state index in [1.54, 1.807) is 13.8 Å². The lowest BCUT2D eigenvalue weighted by atomic mass is 9.87. The summed E-state index contributed by atoms with van der Waals surface area (Å²) in [7, 11) is 1.92. The Labute approximate surface area is 195 Å². The Bertz CT molecular complexity index is 995. The van der Waals surface area contributed by atoms with Crippen LogP contribution in [0.4, 0.5) is 5.00 Å². The quantitative estimate of drug-likeness (QED) is 0.417. The summed E-state index contributed by atoms with van der Waals surface area (Å²) in [5.41, 5.74) is 5.98. The van der Waals surface area contributed by atoms with Crippen LogP contribution in [0.15, 0.2) is 5.16 Å². The first-order valence-corrected chi connectivity index (χ1v) is 12.5. The van der Waals surface area contributed by atoms with E-state index in [1.165, 1.54) is 43.9 Å². The number of carbonyl (C=O) groups excluding carboxylic acids is 3. The van der Waals surface area contributed by atoms with E-state index in [4.69, 9.17) is 10.5 Å². The Morgan fingerprint density at radius 1 is 1.25 bits per heavy atom. The second-order valence-electron chi connectivity index (χ2n) is 7.85. The van der Waals surface area contributed by atoms with Gasteiger partial charge in [-0.1, -0.05) is 43.9 Å². The Kier molecular flexibility index (Phi) is 8.30. The number of ether oxygens (including phenoxy) is 1. The van der Waals surface area contributed by atoms with Crippen molar-refractivity contribution in [1.29, 1.82) is 0 Å². The summed E-state index contributed by atoms with van der Waals surface area (Å²) in [6, 6.07) is 0. The number of carbonyl (C=O) groups is 3. The van der Waals surface area contributed by atoms with Gasteiger partial charge in [0.25, 0.3) is 5.91 Å². The smallest absolute Gasteiger partial charge is 0.341 e. The van der Waals surface area contributed by atoms with Crippen LogP contribution >= 0.6 is 23.1 Å². The Morgan fingerprint density at radius 2 is 1.97 bits per heavy atom.